The third-order valence-corrected chi connectivity index (χ3v) is 2.09. The van der Waals surface area contributed by atoms with E-state index in [9.17, 15) is 9.18 Å². The van der Waals surface area contributed by atoms with Crippen LogP contribution in [0.15, 0.2) is 23.1 Å². The molecule has 1 N–H and O–H groups in total. The largest absolute Gasteiger partial charge is 0.352 e. The predicted octanol–water partition coefficient (Wildman–Crippen LogP) is 2.25. The van der Waals surface area contributed by atoms with E-state index in [0.717, 1.165) is 6.42 Å². The Labute approximate surface area is 87.9 Å². The van der Waals surface area contributed by atoms with Gasteiger partial charge in [0.05, 0.1) is 0 Å². The minimum absolute atomic E-state index is 0.189. The van der Waals surface area contributed by atoms with Gasteiger partial charge < -0.3 is 5.32 Å². The van der Waals surface area contributed by atoms with Gasteiger partial charge in [0.2, 0.25) is 0 Å². The molecule has 0 unspecified atom stereocenters. The van der Waals surface area contributed by atoms with Crippen molar-refractivity contribution in [2.24, 2.45) is 0 Å². The van der Waals surface area contributed by atoms with Crippen molar-refractivity contribution in [1.82, 2.24) is 5.32 Å². The normalized spacial score (nSPS) is 9.93. The van der Waals surface area contributed by atoms with Gasteiger partial charge in [0.25, 0.3) is 5.91 Å². The van der Waals surface area contributed by atoms with E-state index in [0.29, 0.717) is 12.1 Å². The molecule has 1 aromatic rings. The Balaban J connectivity index is 2.76. The molecular formula is C10H12FNOS. The molecule has 1 aromatic carbocycles. The lowest BCUT2D eigenvalue weighted by atomic mass is 10.2. The summed E-state index contributed by atoms with van der Waals surface area (Å²) in [6.07, 6.45) is 0.876. The highest BCUT2D eigenvalue weighted by Gasteiger charge is 2.06. The third kappa shape index (κ3) is 2.73. The van der Waals surface area contributed by atoms with Gasteiger partial charge in [-0.3, -0.25) is 4.79 Å². The molecule has 0 atom stereocenters. The molecule has 0 saturated carbocycles. The maximum atomic E-state index is 12.8. The summed E-state index contributed by atoms with van der Waals surface area (Å²) in [5.74, 6) is -0.609. The summed E-state index contributed by atoms with van der Waals surface area (Å²) in [7, 11) is 0. The molecule has 14 heavy (non-hydrogen) atoms. The van der Waals surface area contributed by atoms with Crippen LogP contribution in [0.1, 0.15) is 23.7 Å². The quantitative estimate of drug-likeness (QED) is 0.741. The van der Waals surface area contributed by atoms with Gasteiger partial charge >= 0.3 is 0 Å². The highest BCUT2D eigenvalue weighted by Crippen LogP contribution is 2.13. The summed E-state index contributed by atoms with van der Waals surface area (Å²) in [6, 6.07) is 4.10. The Bertz CT molecular complexity index is 341. The number of hydrogen-bond donors (Lipinski definition) is 2. The highest BCUT2D eigenvalue weighted by atomic mass is 32.1. The molecule has 0 saturated heterocycles. The summed E-state index contributed by atoms with van der Waals surface area (Å²) in [4.78, 5) is 11.6. The van der Waals surface area contributed by atoms with Crippen LogP contribution in [0.5, 0.6) is 0 Å². The van der Waals surface area contributed by atoms with Crippen LogP contribution < -0.4 is 5.32 Å². The van der Waals surface area contributed by atoms with Crippen molar-refractivity contribution >= 4 is 18.5 Å². The zero-order valence-electron chi connectivity index (χ0n) is 7.88. The van der Waals surface area contributed by atoms with Crippen molar-refractivity contribution in [2.75, 3.05) is 6.54 Å². The number of carbonyl (C=O) groups excluding carboxylic acids is 1. The number of carbonyl (C=O) groups is 1. The first kappa shape index (κ1) is 11.0. The monoisotopic (exact) mass is 213 g/mol. The molecule has 0 heterocycles. The molecule has 0 aromatic heterocycles. The molecule has 2 nitrogen and oxygen atoms in total. The van der Waals surface area contributed by atoms with Crippen LogP contribution in [0.2, 0.25) is 0 Å². The summed E-state index contributed by atoms with van der Waals surface area (Å²) < 4.78 is 12.8. The number of benzene rings is 1. The molecule has 0 spiro atoms. The minimum Gasteiger partial charge on any atom is -0.352 e. The maximum absolute atomic E-state index is 12.8. The van der Waals surface area contributed by atoms with Crippen LogP contribution in [-0.2, 0) is 0 Å². The highest BCUT2D eigenvalue weighted by molar-refractivity contribution is 7.80. The number of amides is 1. The van der Waals surface area contributed by atoms with Gasteiger partial charge in [0.15, 0.2) is 0 Å². The van der Waals surface area contributed by atoms with E-state index < -0.39 is 5.82 Å². The van der Waals surface area contributed by atoms with Crippen molar-refractivity contribution in [2.45, 2.75) is 18.2 Å². The van der Waals surface area contributed by atoms with Crippen LogP contribution in [0.3, 0.4) is 0 Å². The molecule has 0 bridgehead atoms. The summed E-state index contributed by atoms with van der Waals surface area (Å²) in [6.45, 7) is 2.59. The molecule has 0 aliphatic heterocycles. The van der Waals surface area contributed by atoms with Crippen molar-refractivity contribution in [1.29, 1.82) is 0 Å². The zero-order valence-corrected chi connectivity index (χ0v) is 8.77. The first-order chi connectivity index (χ1) is 6.65. The van der Waals surface area contributed by atoms with Crippen molar-refractivity contribution < 1.29 is 9.18 Å². The molecule has 76 valence electrons. The molecule has 1 rings (SSSR count). The summed E-state index contributed by atoms with van der Waals surface area (Å²) in [5.41, 5.74) is 0.435. The van der Waals surface area contributed by atoms with E-state index in [1.54, 1.807) is 0 Å². The van der Waals surface area contributed by atoms with Crippen molar-refractivity contribution in [3.05, 3.63) is 29.6 Å². The Morgan fingerprint density at radius 2 is 2.29 bits per heavy atom. The van der Waals surface area contributed by atoms with Gasteiger partial charge in [-0.05, 0) is 24.6 Å². The average Bonchev–Trinajstić information content (AvgIpc) is 2.18. The van der Waals surface area contributed by atoms with Crippen LogP contribution >= 0.6 is 12.6 Å². The molecule has 0 radical (unpaired) electrons. The third-order valence-electron chi connectivity index (χ3n) is 1.74. The Morgan fingerprint density at radius 1 is 1.57 bits per heavy atom. The van der Waals surface area contributed by atoms with Gasteiger partial charge in [-0.2, -0.15) is 0 Å². The number of rotatable bonds is 3. The second-order valence-electron chi connectivity index (χ2n) is 2.92. The molecule has 1 amide bonds. The molecule has 4 heteroatoms. The zero-order chi connectivity index (χ0) is 10.6. The molecule has 0 aliphatic carbocycles. The van der Waals surface area contributed by atoms with Crippen LogP contribution in [0.4, 0.5) is 4.39 Å². The summed E-state index contributed by atoms with van der Waals surface area (Å²) in [5, 5.41) is 2.70. The second kappa shape index (κ2) is 5.00. The first-order valence-corrected chi connectivity index (χ1v) is 4.86. The minimum atomic E-state index is -0.416. The van der Waals surface area contributed by atoms with Gasteiger partial charge in [-0.15, -0.1) is 12.6 Å². The van der Waals surface area contributed by atoms with E-state index in [2.05, 4.69) is 17.9 Å². The standard InChI is InChI=1S/C10H12FNOS/c1-2-5-12-10(13)7-3-4-8(11)9(14)6-7/h3-4,6,14H,2,5H2,1H3,(H,12,13). The molecule has 0 fully saturated rings. The molecule has 0 aliphatic rings. The lowest BCUT2D eigenvalue weighted by Crippen LogP contribution is -2.23. The Hall–Kier alpha value is -1.03. The van der Waals surface area contributed by atoms with E-state index in [1.807, 2.05) is 6.92 Å². The fraction of sp³-hybridized carbons (Fsp3) is 0.300. The Morgan fingerprint density at radius 3 is 2.86 bits per heavy atom. The fourth-order valence-corrected chi connectivity index (χ4v) is 1.21. The lowest BCUT2D eigenvalue weighted by molar-refractivity contribution is 0.0953. The number of nitrogens with one attached hydrogen (secondary N) is 1. The predicted molar refractivity (Wildman–Crippen MR) is 56.3 cm³/mol. The smallest absolute Gasteiger partial charge is 0.251 e. The van der Waals surface area contributed by atoms with Crippen molar-refractivity contribution in [3.8, 4) is 0 Å². The Kier molecular flexibility index (Phi) is 3.95. The fourth-order valence-electron chi connectivity index (χ4n) is 0.995. The van der Waals surface area contributed by atoms with E-state index >= 15 is 0 Å². The number of hydrogen-bond acceptors (Lipinski definition) is 2. The topological polar surface area (TPSA) is 29.1 Å². The summed E-state index contributed by atoms with van der Waals surface area (Å²) >= 11 is 3.90. The maximum Gasteiger partial charge on any atom is 0.251 e. The van der Waals surface area contributed by atoms with E-state index in [-0.39, 0.29) is 10.8 Å². The van der Waals surface area contributed by atoms with Gasteiger partial charge in [0, 0.05) is 17.0 Å². The second-order valence-corrected chi connectivity index (χ2v) is 3.40. The van der Waals surface area contributed by atoms with Crippen LogP contribution in [0, 0.1) is 5.82 Å². The average molecular weight is 213 g/mol. The van der Waals surface area contributed by atoms with E-state index in [1.165, 1.54) is 18.2 Å². The lowest BCUT2D eigenvalue weighted by Gasteiger charge is -2.04. The van der Waals surface area contributed by atoms with Crippen LogP contribution in [0.25, 0.3) is 0 Å². The first-order valence-electron chi connectivity index (χ1n) is 4.42. The van der Waals surface area contributed by atoms with Gasteiger partial charge in [-0.25, -0.2) is 4.39 Å². The SMILES string of the molecule is CCCNC(=O)c1ccc(F)c(S)c1. The van der Waals surface area contributed by atoms with Gasteiger partial charge in [-0.1, -0.05) is 6.92 Å². The number of halogens is 1. The van der Waals surface area contributed by atoms with Crippen LogP contribution in [-0.4, -0.2) is 12.5 Å². The molecular weight excluding hydrogens is 201 g/mol. The van der Waals surface area contributed by atoms with E-state index in [4.69, 9.17) is 0 Å². The van der Waals surface area contributed by atoms with Crippen molar-refractivity contribution in [3.63, 3.8) is 0 Å². The number of thiol groups is 1. The van der Waals surface area contributed by atoms with Gasteiger partial charge in [0.1, 0.15) is 5.82 Å².